The van der Waals surface area contributed by atoms with Crippen molar-refractivity contribution in [1.29, 1.82) is 0 Å². The first-order valence-electron chi connectivity index (χ1n) is 6.92. The fourth-order valence-electron chi connectivity index (χ4n) is 2.50. The molecule has 1 atom stereocenters. The van der Waals surface area contributed by atoms with E-state index in [9.17, 15) is 4.79 Å². The van der Waals surface area contributed by atoms with Crippen LogP contribution in [0.15, 0.2) is 24.3 Å². The Morgan fingerprint density at radius 3 is 2.70 bits per heavy atom. The Labute approximate surface area is 125 Å². The number of amides is 1. The molecular weight excluding hydrogens is 270 g/mol. The molecule has 1 unspecified atom stereocenters. The highest BCUT2D eigenvalue weighted by Crippen LogP contribution is 2.13. The maximum atomic E-state index is 11.9. The van der Waals surface area contributed by atoms with Gasteiger partial charge in [0.15, 0.2) is 0 Å². The first-order chi connectivity index (χ1) is 9.56. The van der Waals surface area contributed by atoms with E-state index in [1.165, 1.54) is 12.8 Å². The number of carbonyl (C=O) groups is 1. The SMILES string of the molecule is CN1CCCC1CNC(=O)Cc1ccc(C(N)=S)cc1. The van der Waals surface area contributed by atoms with Gasteiger partial charge in [-0.05, 0) is 32.0 Å². The van der Waals surface area contributed by atoms with Crippen LogP contribution in [0, 0.1) is 0 Å². The number of hydrogen-bond donors (Lipinski definition) is 2. The third-order valence-corrected chi connectivity index (χ3v) is 4.05. The van der Waals surface area contributed by atoms with E-state index in [4.69, 9.17) is 18.0 Å². The summed E-state index contributed by atoms with van der Waals surface area (Å²) in [7, 11) is 2.11. The van der Waals surface area contributed by atoms with Gasteiger partial charge in [-0.2, -0.15) is 0 Å². The van der Waals surface area contributed by atoms with Gasteiger partial charge in [-0.25, -0.2) is 0 Å². The highest BCUT2D eigenvalue weighted by atomic mass is 32.1. The van der Waals surface area contributed by atoms with Crippen LogP contribution in [0.5, 0.6) is 0 Å². The Kier molecular flexibility index (Phi) is 5.09. The molecular formula is C15H21N3OS. The number of likely N-dealkylation sites (N-methyl/N-ethyl adjacent to an activating group) is 1. The summed E-state index contributed by atoms with van der Waals surface area (Å²) in [5, 5.41) is 3.01. The van der Waals surface area contributed by atoms with Gasteiger partial charge in [0.25, 0.3) is 0 Å². The van der Waals surface area contributed by atoms with Gasteiger partial charge < -0.3 is 16.0 Å². The van der Waals surface area contributed by atoms with E-state index in [2.05, 4.69) is 17.3 Å². The predicted molar refractivity (Wildman–Crippen MR) is 84.7 cm³/mol. The van der Waals surface area contributed by atoms with Gasteiger partial charge in [0.2, 0.25) is 5.91 Å². The predicted octanol–water partition coefficient (Wildman–Crippen LogP) is 1.07. The van der Waals surface area contributed by atoms with Gasteiger partial charge in [-0.3, -0.25) is 4.79 Å². The van der Waals surface area contributed by atoms with Crippen molar-refractivity contribution >= 4 is 23.1 Å². The molecule has 2 rings (SSSR count). The summed E-state index contributed by atoms with van der Waals surface area (Å²) in [6, 6.07) is 7.99. The molecule has 108 valence electrons. The van der Waals surface area contributed by atoms with Crippen molar-refractivity contribution in [1.82, 2.24) is 10.2 Å². The molecule has 0 radical (unpaired) electrons. The molecule has 1 fully saturated rings. The summed E-state index contributed by atoms with van der Waals surface area (Å²) in [4.78, 5) is 14.6. The van der Waals surface area contributed by atoms with E-state index in [-0.39, 0.29) is 5.91 Å². The lowest BCUT2D eigenvalue weighted by atomic mass is 10.1. The van der Waals surface area contributed by atoms with E-state index < -0.39 is 0 Å². The lowest BCUT2D eigenvalue weighted by Crippen LogP contribution is -2.38. The smallest absolute Gasteiger partial charge is 0.224 e. The molecule has 0 bridgehead atoms. The minimum Gasteiger partial charge on any atom is -0.389 e. The maximum Gasteiger partial charge on any atom is 0.224 e. The van der Waals surface area contributed by atoms with Crippen LogP contribution in [-0.4, -0.2) is 42.0 Å². The van der Waals surface area contributed by atoms with E-state index >= 15 is 0 Å². The van der Waals surface area contributed by atoms with Crippen LogP contribution in [0.3, 0.4) is 0 Å². The fourth-order valence-corrected chi connectivity index (χ4v) is 2.64. The number of nitrogens with two attached hydrogens (primary N) is 1. The maximum absolute atomic E-state index is 11.9. The summed E-state index contributed by atoms with van der Waals surface area (Å²) in [6.07, 6.45) is 2.78. The van der Waals surface area contributed by atoms with E-state index in [1.807, 2.05) is 24.3 Å². The number of nitrogens with zero attached hydrogens (tertiary/aromatic N) is 1. The highest BCUT2D eigenvalue weighted by molar-refractivity contribution is 7.80. The Balaban J connectivity index is 1.80. The van der Waals surface area contributed by atoms with Crippen molar-refractivity contribution in [3.05, 3.63) is 35.4 Å². The van der Waals surface area contributed by atoms with Crippen LogP contribution in [0.1, 0.15) is 24.0 Å². The van der Waals surface area contributed by atoms with Gasteiger partial charge in [-0.15, -0.1) is 0 Å². The zero-order chi connectivity index (χ0) is 14.5. The summed E-state index contributed by atoms with van der Waals surface area (Å²) >= 11 is 4.90. The molecule has 1 amide bonds. The second-order valence-electron chi connectivity index (χ2n) is 5.32. The quantitative estimate of drug-likeness (QED) is 0.797. The topological polar surface area (TPSA) is 58.4 Å². The summed E-state index contributed by atoms with van der Waals surface area (Å²) < 4.78 is 0. The van der Waals surface area contributed by atoms with E-state index in [0.29, 0.717) is 17.5 Å². The zero-order valence-electron chi connectivity index (χ0n) is 11.8. The van der Waals surface area contributed by atoms with Gasteiger partial charge in [-0.1, -0.05) is 36.5 Å². The molecule has 20 heavy (non-hydrogen) atoms. The minimum atomic E-state index is 0.0633. The molecule has 4 nitrogen and oxygen atoms in total. The molecule has 1 aromatic carbocycles. The lowest BCUT2D eigenvalue weighted by Gasteiger charge is -2.19. The van der Waals surface area contributed by atoms with Crippen LogP contribution in [0.4, 0.5) is 0 Å². The molecule has 0 saturated carbocycles. The van der Waals surface area contributed by atoms with Crippen LogP contribution in [0.25, 0.3) is 0 Å². The molecule has 0 aromatic heterocycles. The molecule has 5 heteroatoms. The minimum absolute atomic E-state index is 0.0633. The molecule has 1 aromatic rings. The highest BCUT2D eigenvalue weighted by Gasteiger charge is 2.20. The first kappa shape index (κ1) is 14.9. The average Bonchev–Trinajstić information content (AvgIpc) is 2.82. The molecule has 1 aliphatic rings. The van der Waals surface area contributed by atoms with Gasteiger partial charge >= 0.3 is 0 Å². The third-order valence-electron chi connectivity index (χ3n) is 3.81. The Morgan fingerprint density at radius 2 is 2.15 bits per heavy atom. The number of thiocarbonyl (C=S) groups is 1. The van der Waals surface area contributed by atoms with Crippen molar-refractivity contribution in [2.75, 3.05) is 20.1 Å². The van der Waals surface area contributed by atoms with Crippen LogP contribution < -0.4 is 11.1 Å². The summed E-state index contributed by atoms with van der Waals surface area (Å²) in [5.74, 6) is 0.0633. The lowest BCUT2D eigenvalue weighted by molar-refractivity contribution is -0.120. The number of likely N-dealkylation sites (tertiary alicyclic amines) is 1. The van der Waals surface area contributed by atoms with E-state index in [1.54, 1.807) is 0 Å². The summed E-state index contributed by atoms with van der Waals surface area (Å²) in [5.41, 5.74) is 7.35. The second kappa shape index (κ2) is 6.81. The standard InChI is InChI=1S/C15H21N3OS/c1-18-8-2-3-13(18)10-17-14(19)9-11-4-6-12(7-5-11)15(16)20/h4-7,13H,2-3,8-10H2,1H3,(H2,16,20)(H,17,19). The number of rotatable bonds is 5. The average molecular weight is 291 g/mol. The largest absolute Gasteiger partial charge is 0.389 e. The van der Waals surface area contributed by atoms with Crippen molar-refractivity contribution < 1.29 is 4.79 Å². The fraction of sp³-hybridized carbons (Fsp3) is 0.467. The number of nitrogens with one attached hydrogen (secondary N) is 1. The van der Waals surface area contributed by atoms with Crippen molar-refractivity contribution in [3.63, 3.8) is 0 Å². The van der Waals surface area contributed by atoms with Gasteiger partial charge in [0, 0.05) is 18.2 Å². The van der Waals surface area contributed by atoms with E-state index in [0.717, 1.165) is 24.2 Å². The number of hydrogen-bond acceptors (Lipinski definition) is 3. The molecule has 1 heterocycles. The van der Waals surface area contributed by atoms with Crippen LogP contribution in [-0.2, 0) is 11.2 Å². The van der Waals surface area contributed by atoms with Crippen molar-refractivity contribution in [3.8, 4) is 0 Å². The second-order valence-corrected chi connectivity index (χ2v) is 5.76. The Hall–Kier alpha value is -1.46. The van der Waals surface area contributed by atoms with Gasteiger partial charge in [0.1, 0.15) is 4.99 Å². The third kappa shape index (κ3) is 4.02. The molecule has 0 spiro atoms. The number of benzene rings is 1. The molecule has 1 saturated heterocycles. The van der Waals surface area contributed by atoms with Gasteiger partial charge in [0.05, 0.1) is 6.42 Å². The van der Waals surface area contributed by atoms with Crippen molar-refractivity contribution in [2.24, 2.45) is 5.73 Å². The monoisotopic (exact) mass is 291 g/mol. The zero-order valence-corrected chi connectivity index (χ0v) is 12.6. The van der Waals surface area contributed by atoms with Crippen molar-refractivity contribution in [2.45, 2.75) is 25.3 Å². The molecule has 3 N–H and O–H groups in total. The summed E-state index contributed by atoms with van der Waals surface area (Å²) in [6.45, 7) is 1.86. The Morgan fingerprint density at radius 1 is 1.45 bits per heavy atom. The molecule has 1 aliphatic heterocycles. The molecule has 0 aliphatic carbocycles. The normalized spacial score (nSPS) is 18.9. The first-order valence-corrected chi connectivity index (χ1v) is 7.33. The van der Waals surface area contributed by atoms with Crippen LogP contribution >= 0.6 is 12.2 Å². The number of carbonyl (C=O) groups excluding carboxylic acids is 1. The van der Waals surface area contributed by atoms with Crippen LogP contribution in [0.2, 0.25) is 0 Å². The Bertz CT molecular complexity index is 486.